The Balaban J connectivity index is 1.76. The Morgan fingerprint density at radius 1 is 1.16 bits per heavy atom. The molecule has 4 aromatic rings. The van der Waals surface area contributed by atoms with E-state index < -0.39 is 0 Å². The number of benzene rings is 1. The van der Waals surface area contributed by atoms with Gasteiger partial charge < -0.3 is 5.11 Å². The van der Waals surface area contributed by atoms with Crippen molar-refractivity contribution in [3.05, 3.63) is 75.6 Å². The SMILES string of the molecule is O=C(C=Cc1c(-c2ccc(CO)cc2)nc2sccn12)c1cccs1. The summed E-state index contributed by atoms with van der Waals surface area (Å²) in [6.45, 7) is 0.0145. The van der Waals surface area contributed by atoms with Gasteiger partial charge in [-0.05, 0) is 29.2 Å². The summed E-state index contributed by atoms with van der Waals surface area (Å²) in [4.78, 5) is 18.6. The number of ketones is 1. The highest BCUT2D eigenvalue weighted by molar-refractivity contribution is 7.15. The zero-order valence-electron chi connectivity index (χ0n) is 13.1. The predicted molar refractivity (Wildman–Crippen MR) is 102 cm³/mol. The van der Waals surface area contributed by atoms with Gasteiger partial charge in [-0.2, -0.15) is 0 Å². The van der Waals surface area contributed by atoms with Crippen LogP contribution in [-0.2, 0) is 6.61 Å². The van der Waals surface area contributed by atoms with Crippen LogP contribution < -0.4 is 0 Å². The van der Waals surface area contributed by atoms with Crippen molar-refractivity contribution in [1.82, 2.24) is 9.38 Å². The molecule has 0 aliphatic rings. The Labute approximate surface area is 152 Å². The summed E-state index contributed by atoms with van der Waals surface area (Å²) in [7, 11) is 0. The van der Waals surface area contributed by atoms with Crippen LogP contribution in [0.15, 0.2) is 59.4 Å². The summed E-state index contributed by atoms with van der Waals surface area (Å²) in [6.07, 6.45) is 5.37. The van der Waals surface area contributed by atoms with E-state index in [0.717, 1.165) is 32.4 Å². The molecular formula is C19H14N2O2S2. The number of hydrogen-bond acceptors (Lipinski definition) is 5. The molecule has 3 aromatic heterocycles. The minimum atomic E-state index is -0.0123. The summed E-state index contributed by atoms with van der Waals surface area (Å²) >= 11 is 2.99. The molecule has 0 fully saturated rings. The highest BCUT2D eigenvalue weighted by Gasteiger charge is 2.13. The molecule has 1 N–H and O–H groups in total. The Hall–Kier alpha value is -2.54. The van der Waals surface area contributed by atoms with Crippen molar-refractivity contribution >= 4 is 39.5 Å². The fourth-order valence-electron chi connectivity index (χ4n) is 2.60. The lowest BCUT2D eigenvalue weighted by molar-refractivity contribution is 0.105. The first-order valence-electron chi connectivity index (χ1n) is 7.68. The molecule has 6 heteroatoms. The average Bonchev–Trinajstić information content (AvgIpc) is 3.37. The summed E-state index contributed by atoms with van der Waals surface area (Å²) in [5, 5.41) is 13.1. The van der Waals surface area contributed by atoms with E-state index in [0.29, 0.717) is 0 Å². The predicted octanol–water partition coefficient (Wildman–Crippen LogP) is 4.51. The molecule has 0 bridgehead atoms. The molecule has 4 rings (SSSR count). The Morgan fingerprint density at radius 3 is 2.72 bits per heavy atom. The summed E-state index contributed by atoms with van der Waals surface area (Å²) < 4.78 is 1.98. The molecule has 0 saturated carbocycles. The number of hydrogen-bond donors (Lipinski definition) is 1. The topological polar surface area (TPSA) is 54.6 Å². The molecule has 25 heavy (non-hydrogen) atoms. The maximum Gasteiger partial charge on any atom is 0.195 e. The summed E-state index contributed by atoms with van der Waals surface area (Å²) in [6, 6.07) is 11.3. The Morgan fingerprint density at radius 2 is 2.00 bits per heavy atom. The van der Waals surface area contributed by atoms with E-state index in [1.807, 2.05) is 63.8 Å². The van der Waals surface area contributed by atoms with E-state index in [4.69, 9.17) is 4.98 Å². The molecule has 3 heterocycles. The fourth-order valence-corrected chi connectivity index (χ4v) is 3.96. The molecule has 0 radical (unpaired) electrons. The number of aliphatic hydroxyl groups excluding tert-OH is 1. The molecule has 4 nitrogen and oxygen atoms in total. The standard InChI is InChI=1S/C19H14N2O2S2/c22-12-13-3-5-14(6-4-13)18-15(21-9-11-25-19(21)20-18)7-8-16(23)17-2-1-10-24-17/h1-11,22H,12H2. The van der Waals surface area contributed by atoms with Gasteiger partial charge in [-0.3, -0.25) is 9.20 Å². The molecule has 0 unspecified atom stereocenters. The average molecular weight is 366 g/mol. The number of nitrogens with zero attached hydrogens (tertiary/aromatic N) is 2. The number of carbonyl (C=O) groups excluding carboxylic acids is 1. The maximum atomic E-state index is 12.3. The molecule has 124 valence electrons. The molecule has 0 atom stereocenters. The van der Waals surface area contributed by atoms with Crippen molar-refractivity contribution < 1.29 is 9.90 Å². The van der Waals surface area contributed by atoms with Crippen LogP contribution in [0.3, 0.4) is 0 Å². The van der Waals surface area contributed by atoms with Gasteiger partial charge in [-0.25, -0.2) is 4.98 Å². The van der Waals surface area contributed by atoms with Crippen molar-refractivity contribution in [2.24, 2.45) is 0 Å². The van der Waals surface area contributed by atoms with E-state index in [1.54, 1.807) is 17.4 Å². The van der Waals surface area contributed by atoms with E-state index >= 15 is 0 Å². The molecule has 0 spiro atoms. The first kappa shape index (κ1) is 16.0. The number of carbonyl (C=O) groups is 1. The lowest BCUT2D eigenvalue weighted by Crippen LogP contribution is -1.91. The van der Waals surface area contributed by atoms with Crippen LogP contribution >= 0.6 is 22.7 Å². The van der Waals surface area contributed by atoms with E-state index in [1.165, 1.54) is 11.3 Å². The van der Waals surface area contributed by atoms with E-state index in [9.17, 15) is 9.90 Å². The zero-order chi connectivity index (χ0) is 17.2. The minimum absolute atomic E-state index is 0.0123. The van der Waals surface area contributed by atoms with Crippen molar-refractivity contribution in [2.75, 3.05) is 0 Å². The third kappa shape index (κ3) is 3.07. The van der Waals surface area contributed by atoms with Crippen LogP contribution in [0.2, 0.25) is 0 Å². The van der Waals surface area contributed by atoms with Crippen molar-refractivity contribution in [3.63, 3.8) is 0 Å². The number of aromatic nitrogens is 2. The van der Waals surface area contributed by atoms with Crippen LogP contribution in [0.1, 0.15) is 20.9 Å². The number of thiazole rings is 1. The Kier molecular flexibility index (Phi) is 4.31. The van der Waals surface area contributed by atoms with Gasteiger partial charge in [0.25, 0.3) is 0 Å². The zero-order valence-corrected chi connectivity index (χ0v) is 14.8. The second-order valence-electron chi connectivity index (χ2n) is 5.43. The van der Waals surface area contributed by atoms with E-state index in [2.05, 4.69) is 0 Å². The fraction of sp³-hybridized carbons (Fsp3) is 0.0526. The third-order valence-corrected chi connectivity index (χ3v) is 5.51. The van der Waals surface area contributed by atoms with Crippen LogP contribution in [0.25, 0.3) is 22.3 Å². The smallest absolute Gasteiger partial charge is 0.195 e. The maximum absolute atomic E-state index is 12.3. The van der Waals surface area contributed by atoms with Crippen LogP contribution in [-0.4, -0.2) is 20.3 Å². The van der Waals surface area contributed by atoms with Gasteiger partial charge in [0.15, 0.2) is 10.7 Å². The lowest BCUT2D eigenvalue weighted by Gasteiger charge is -2.02. The lowest BCUT2D eigenvalue weighted by atomic mass is 10.1. The summed E-state index contributed by atoms with van der Waals surface area (Å²) in [5.41, 5.74) is 3.51. The van der Waals surface area contributed by atoms with Crippen molar-refractivity contribution in [1.29, 1.82) is 0 Å². The normalized spacial score (nSPS) is 11.6. The molecule has 1 aromatic carbocycles. The number of allylic oxidation sites excluding steroid dienone is 1. The van der Waals surface area contributed by atoms with Crippen LogP contribution in [0, 0.1) is 0 Å². The minimum Gasteiger partial charge on any atom is -0.392 e. The second-order valence-corrected chi connectivity index (χ2v) is 7.25. The van der Waals surface area contributed by atoms with Crippen LogP contribution in [0.5, 0.6) is 0 Å². The first-order chi connectivity index (χ1) is 12.3. The first-order valence-corrected chi connectivity index (χ1v) is 9.44. The number of rotatable bonds is 5. The quantitative estimate of drug-likeness (QED) is 0.417. The Bertz CT molecular complexity index is 1040. The van der Waals surface area contributed by atoms with Gasteiger partial charge in [0, 0.05) is 17.1 Å². The number of fused-ring (bicyclic) bond motifs is 1. The molecule has 0 amide bonds. The molecular weight excluding hydrogens is 352 g/mol. The van der Waals surface area contributed by atoms with Gasteiger partial charge in [-0.15, -0.1) is 22.7 Å². The number of thiophene rings is 1. The van der Waals surface area contributed by atoms with Crippen molar-refractivity contribution in [3.8, 4) is 11.3 Å². The van der Waals surface area contributed by atoms with Gasteiger partial charge >= 0.3 is 0 Å². The molecule has 0 aliphatic carbocycles. The molecule has 0 saturated heterocycles. The van der Waals surface area contributed by atoms with Gasteiger partial charge in [0.2, 0.25) is 0 Å². The van der Waals surface area contributed by atoms with Crippen molar-refractivity contribution in [2.45, 2.75) is 6.61 Å². The third-order valence-electron chi connectivity index (χ3n) is 3.87. The molecule has 0 aliphatic heterocycles. The highest BCUT2D eigenvalue weighted by Crippen LogP contribution is 2.28. The number of imidazole rings is 1. The monoisotopic (exact) mass is 366 g/mol. The van der Waals surface area contributed by atoms with E-state index in [-0.39, 0.29) is 12.4 Å². The van der Waals surface area contributed by atoms with Crippen LogP contribution in [0.4, 0.5) is 0 Å². The largest absolute Gasteiger partial charge is 0.392 e. The number of aliphatic hydroxyl groups is 1. The second kappa shape index (κ2) is 6.76. The highest BCUT2D eigenvalue weighted by atomic mass is 32.1. The summed E-state index contributed by atoms with van der Waals surface area (Å²) in [5.74, 6) is -0.0123. The van der Waals surface area contributed by atoms with Gasteiger partial charge in [0.1, 0.15) is 0 Å². The van der Waals surface area contributed by atoms with Gasteiger partial charge in [0.05, 0.1) is 22.9 Å². The van der Waals surface area contributed by atoms with Gasteiger partial charge in [-0.1, -0.05) is 30.3 Å².